The van der Waals surface area contributed by atoms with Crippen LogP contribution in [0, 0.1) is 0 Å². The van der Waals surface area contributed by atoms with E-state index in [0.717, 1.165) is 4.47 Å². The first-order valence-corrected chi connectivity index (χ1v) is 4.91. The molecule has 13 heavy (non-hydrogen) atoms. The molecule has 0 aliphatic heterocycles. The monoisotopic (exact) mass is 282 g/mol. The van der Waals surface area contributed by atoms with E-state index < -0.39 is 0 Å². The van der Waals surface area contributed by atoms with E-state index in [4.69, 9.17) is 27.9 Å². The van der Waals surface area contributed by atoms with E-state index in [-0.39, 0.29) is 6.61 Å². The molecule has 0 heterocycles. The van der Waals surface area contributed by atoms with Gasteiger partial charge in [0.25, 0.3) is 0 Å². The second-order valence-electron chi connectivity index (χ2n) is 2.18. The highest BCUT2D eigenvalue weighted by Gasteiger charge is 2.08. The molecule has 0 aliphatic carbocycles. The van der Waals surface area contributed by atoms with Gasteiger partial charge in [0.2, 0.25) is 0 Å². The van der Waals surface area contributed by atoms with E-state index in [2.05, 4.69) is 15.9 Å². The highest BCUT2D eigenvalue weighted by molar-refractivity contribution is 9.10. The molecule has 0 saturated heterocycles. The summed E-state index contributed by atoms with van der Waals surface area (Å²) < 4.78 is 5.78. The van der Waals surface area contributed by atoms with Gasteiger partial charge in [-0.25, -0.2) is 0 Å². The number of hydrogen-bond donors (Lipinski definition) is 0. The Balaban J connectivity index is 2.98. The molecule has 0 atom stereocenters. The molecule has 0 unspecified atom stereocenters. The lowest BCUT2D eigenvalue weighted by Gasteiger charge is -2.07. The van der Waals surface area contributed by atoms with E-state index in [1.54, 1.807) is 12.1 Å². The number of aldehydes is 1. The molecule has 0 fully saturated rings. The normalized spacial score (nSPS) is 9.77. The molecule has 0 aromatic heterocycles. The maximum Gasteiger partial charge on any atom is 0.157 e. The van der Waals surface area contributed by atoms with Crippen LogP contribution in [-0.4, -0.2) is 12.9 Å². The van der Waals surface area contributed by atoms with E-state index in [1.807, 2.05) is 0 Å². The van der Waals surface area contributed by atoms with Crippen molar-refractivity contribution in [3.8, 4) is 5.75 Å². The lowest BCUT2D eigenvalue weighted by Crippen LogP contribution is -1.98. The quantitative estimate of drug-likeness (QED) is 0.796. The van der Waals surface area contributed by atoms with Gasteiger partial charge in [0.05, 0.1) is 10.0 Å². The summed E-state index contributed by atoms with van der Waals surface area (Å²) in [4.78, 5) is 10.0. The molecule has 0 amide bonds. The number of carbonyl (C=O) groups excluding carboxylic acids is 1. The van der Waals surface area contributed by atoms with Crippen molar-refractivity contribution in [1.29, 1.82) is 0 Å². The molecular formula is C8H5BrCl2O2. The average Bonchev–Trinajstić information content (AvgIpc) is 2.02. The fourth-order valence-corrected chi connectivity index (χ4v) is 2.10. The highest BCUT2D eigenvalue weighted by atomic mass is 79.9. The summed E-state index contributed by atoms with van der Waals surface area (Å²) in [6.45, 7) is -0.0545. The van der Waals surface area contributed by atoms with Crippen LogP contribution in [0.3, 0.4) is 0 Å². The summed E-state index contributed by atoms with van der Waals surface area (Å²) in [5, 5.41) is 0.752. The molecule has 1 aromatic rings. The first kappa shape index (κ1) is 10.8. The van der Waals surface area contributed by atoms with Crippen LogP contribution in [0.1, 0.15) is 0 Å². The standard InChI is InChI=1S/C8H5BrCl2O2/c9-5-3-6(10)8(7(11)4-5)13-2-1-12/h1,3-4H,2H2. The fraction of sp³-hybridized carbons (Fsp3) is 0.125. The van der Waals surface area contributed by atoms with E-state index >= 15 is 0 Å². The van der Waals surface area contributed by atoms with Crippen molar-refractivity contribution in [2.75, 3.05) is 6.61 Å². The van der Waals surface area contributed by atoms with Gasteiger partial charge in [-0.3, -0.25) is 4.79 Å². The lowest BCUT2D eigenvalue weighted by atomic mass is 10.3. The maximum atomic E-state index is 10.0. The number of rotatable bonds is 3. The van der Waals surface area contributed by atoms with Gasteiger partial charge in [0.1, 0.15) is 6.61 Å². The van der Waals surface area contributed by atoms with Crippen molar-refractivity contribution in [2.45, 2.75) is 0 Å². The third-order valence-electron chi connectivity index (χ3n) is 1.26. The molecule has 0 saturated carbocycles. The number of hydrogen-bond acceptors (Lipinski definition) is 2. The predicted molar refractivity (Wildman–Crippen MR) is 55.7 cm³/mol. The molecule has 70 valence electrons. The molecule has 0 bridgehead atoms. The van der Waals surface area contributed by atoms with Crippen molar-refractivity contribution in [3.05, 3.63) is 26.7 Å². The molecule has 0 spiro atoms. The Morgan fingerprint density at radius 2 is 1.92 bits per heavy atom. The van der Waals surface area contributed by atoms with Crippen molar-refractivity contribution < 1.29 is 9.53 Å². The molecule has 2 nitrogen and oxygen atoms in total. The second kappa shape index (κ2) is 4.84. The van der Waals surface area contributed by atoms with E-state index in [1.165, 1.54) is 0 Å². The molecule has 1 rings (SSSR count). The van der Waals surface area contributed by atoms with Gasteiger partial charge in [0.15, 0.2) is 12.0 Å². The van der Waals surface area contributed by atoms with E-state index in [0.29, 0.717) is 22.1 Å². The minimum atomic E-state index is -0.0545. The Kier molecular flexibility index (Phi) is 4.03. The molecule has 0 N–H and O–H groups in total. The van der Waals surface area contributed by atoms with Gasteiger partial charge in [0, 0.05) is 4.47 Å². The number of halogens is 3. The van der Waals surface area contributed by atoms with Crippen molar-refractivity contribution >= 4 is 45.4 Å². The summed E-state index contributed by atoms with van der Waals surface area (Å²) in [6.07, 6.45) is 0.634. The minimum Gasteiger partial charge on any atom is -0.483 e. The largest absolute Gasteiger partial charge is 0.483 e. The third kappa shape index (κ3) is 2.86. The zero-order valence-electron chi connectivity index (χ0n) is 6.39. The topological polar surface area (TPSA) is 26.3 Å². The van der Waals surface area contributed by atoms with Gasteiger partial charge < -0.3 is 4.74 Å². The van der Waals surface area contributed by atoms with Gasteiger partial charge in [-0.2, -0.15) is 0 Å². The van der Waals surface area contributed by atoms with Crippen LogP contribution >= 0.6 is 39.1 Å². The zero-order chi connectivity index (χ0) is 9.84. The summed E-state index contributed by atoms with van der Waals surface area (Å²) in [6, 6.07) is 3.29. The van der Waals surface area contributed by atoms with Crippen molar-refractivity contribution in [2.24, 2.45) is 0 Å². The third-order valence-corrected chi connectivity index (χ3v) is 2.28. The van der Waals surface area contributed by atoms with Crippen LogP contribution in [0.5, 0.6) is 5.75 Å². The zero-order valence-corrected chi connectivity index (χ0v) is 9.49. The number of ether oxygens (including phenoxy) is 1. The predicted octanol–water partition coefficient (Wildman–Crippen LogP) is 3.33. The van der Waals surface area contributed by atoms with Gasteiger partial charge in [-0.1, -0.05) is 39.1 Å². The average molecular weight is 284 g/mol. The maximum absolute atomic E-state index is 10.0. The molecule has 0 aliphatic rings. The van der Waals surface area contributed by atoms with Crippen LogP contribution in [0.2, 0.25) is 10.0 Å². The van der Waals surface area contributed by atoms with Crippen LogP contribution in [0.15, 0.2) is 16.6 Å². The number of carbonyl (C=O) groups is 1. The fourth-order valence-electron chi connectivity index (χ4n) is 0.784. The van der Waals surface area contributed by atoms with Gasteiger partial charge in [-0.05, 0) is 12.1 Å². The summed E-state index contributed by atoms with van der Waals surface area (Å²) >= 11 is 14.9. The van der Waals surface area contributed by atoms with Crippen LogP contribution in [0.25, 0.3) is 0 Å². The minimum absolute atomic E-state index is 0.0545. The summed E-state index contributed by atoms with van der Waals surface area (Å²) in [5.74, 6) is 0.332. The Morgan fingerprint density at radius 3 is 2.38 bits per heavy atom. The second-order valence-corrected chi connectivity index (χ2v) is 3.91. The lowest BCUT2D eigenvalue weighted by molar-refractivity contribution is -0.109. The van der Waals surface area contributed by atoms with Crippen LogP contribution < -0.4 is 4.74 Å². The van der Waals surface area contributed by atoms with Crippen LogP contribution in [-0.2, 0) is 4.79 Å². The van der Waals surface area contributed by atoms with Gasteiger partial charge in [-0.15, -0.1) is 0 Å². The Labute approximate surface area is 93.9 Å². The SMILES string of the molecule is O=CCOc1c(Cl)cc(Br)cc1Cl. The Hall–Kier alpha value is -0.250. The molecule has 1 aromatic carbocycles. The molecule has 5 heteroatoms. The Bertz CT molecular complexity index is 305. The molecular weight excluding hydrogens is 279 g/mol. The van der Waals surface area contributed by atoms with Crippen LogP contribution in [0.4, 0.5) is 0 Å². The first-order chi connectivity index (χ1) is 6.15. The summed E-state index contributed by atoms with van der Waals surface area (Å²) in [7, 11) is 0. The molecule has 0 radical (unpaired) electrons. The smallest absolute Gasteiger partial charge is 0.157 e. The summed E-state index contributed by atoms with van der Waals surface area (Å²) in [5.41, 5.74) is 0. The van der Waals surface area contributed by atoms with Crippen molar-refractivity contribution in [3.63, 3.8) is 0 Å². The van der Waals surface area contributed by atoms with Crippen molar-refractivity contribution in [1.82, 2.24) is 0 Å². The highest BCUT2D eigenvalue weighted by Crippen LogP contribution is 2.35. The first-order valence-electron chi connectivity index (χ1n) is 3.36. The Morgan fingerprint density at radius 1 is 1.38 bits per heavy atom. The van der Waals surface area contributed by atoms with Gasteiger partial charge >= 0.3 is 0 Å². The van der Waals surface area contributed by atoms with E-state index in [9.17, 15) is 4.79 Å². The number of benzene rings is 1.